The first-order valence-corrected chi connectivity index (χ1v) is 12.7. The molecule has 0 aromatic heterocycles. The lowest BCUT2D eigenvalue weighted by atomic mass is 10.2. The highest BCUT2D eigenvalue weighted by Gasteiger charge is 2.31. The smallest absolute Gasteiger partial charge is 0.331 e. The number of hydrogen-bond acceptors (Lipinski definition) is 6. The predicted molar refractivity (Wildman–Crippen MR) is 133 cm³/mol. The number of carbonyl (C=O) groups excluding carboxylic acids is 2. The Morgan fingerprint density at radius 1 is 1.03 bits per heavy atom. The highest BCUT2D eigenvalue weighted by Crippen LogP contribution is 2.22. The van der Waals surface area contributed by atoms with E-state index < -0.39 is 22.6 Å². The quantitative estimate of drug-likeness (QED) is 0.300. The Balaban J connectivity index is 1.46. The van der Waals surface area contributed by atoms with Gasteiger partial charge in [-0.15, -0.1) is 0 Å². The molecule has 186 valence electrons. The van der Waals surface area contributed by atoms with Crippen LogP contribution in [0.1, 0.15) is 16.7 Å². The molecule has 0 atom stereocenters. The molecule has 1 fully saturated rings. The van der Waals surface area contributed by atoms with Gasteiger partial charge in [0.2, 0.25) is 10.0 Å². The molecule has 0 radical (unpaired) electrons. The van der Waals surface area contributed by atoms with Gasteiger partial charge < -0.3 is 14.4 Å². The van der Waals surface area contributed by atoms with Gasteiger partial charge in [0.15, 0.2) is 6.61 Å². The molecule has 9 heteroatoms. The van der Waals surface area contributed by atoms with Gasteiger partial charge in [-0.1, -0.05) is 42.5 Å². The van der Waals surface area contributed by atoms with Gasteiger partial charge in [0, 0.05) is 32.3 Å². The molecule has 0 aliphatic carbocycles. The lowest BCUT2D eigenvalue weighted by molar-refractivity contribution is -0.148. The minimum atomic E-state index is -3.64. The van der Waals surface area contributed by atoms with Gasteiger partial charge in [-0.05, 0) is 49.2 Å². The molecule has 0 N–H and O–H groups in total. The molecule has 0 unspecified atom stereocenters. The summed E-state index contributed by atoms with van der Waals surface area (Å²) in [7, 11) is -3.64. The molecule has 1 aliphatic heterocycles. The van der Waals surface area contributed by atoms with Crippen LogP contribution in [0.15, 0.2) is 66.1 Å². The van der Waals surface area contributed by atoms with E-state index in [1.54, 1.807) is 55.5 Å². The molecule has 1 amide bonds. The van der Waals surface area contributed by atoms with Gasteiger partial charge in [-0.2, -0.15) is 4.31 Å². The standard InChI is InChI=1S/C26H30N2O6S/c1-4-17-33-23-9-6-22(7-10-23)8-12-26(30)34-19-25(29)27-13-15-28(16-14-27)35(31,32)24-11-5-20(2)18-21(24)3/h4-12,18H,1,13-17,19H2,2-3H3/b12-8+. The first kappa shape index (κ1) is 26.2. The minimum absolute atomic E-state index is 0.182. The lowest BCUT2D eigenvalue weighted by Crippen LogP contribution is -2.51. The minimum Gasteiger partial charge on any atom is -0.490 e. The van der Waals surface area contributed by atoms with E-state index in [-0.39, 0.29) is 37.0 Å². The van der Waals surface area contributed by atoms with Crippen molar-refractivity contribution in [1.29, 1.82) is 0 Å². The maximum absolute atomic E-state index is 13.0. The van der Waals surface area contributed by atoms with Crippen molar-refractivity contribution in [3.05, 3.63) is 77.9 Å². The van der Waals surface area contributed by atoms with Crippen LogP contribution in [0.4, 0.5) is 0 Å². The number of sulfonamides is 1. The first-order valence-electron chi connectivity index (χ1n) is 11.2. The number of carbonyl (C=O) groups is 2. The summed E-state index contributed by atoms with van der Waals surface area (Å²) in [5, 5.41) is 0. The molecule has 0 spiro atoms. The first-order chi connectivity index (χ1) is 16.7. The van der Waals surface area contributed by atoms with Gasteiger partial charge in [0.25, 0.3) is 5.91 Å². The Hall–Kier alpha value is -3.43. The van der Waals surface area contributed by atoms with Crippen LogP contribution in [-0.2, 0) is 24.3 Å². The van der Waals surface area contributed by atoms with Crippen molar-refractivity contribution in [2.45, 2.75) is 18.7 Å². The molecule has 35 heavy (non-hydrogen) atoms. The number of benzene rings is 2. The van der Waals surface area contributed by atoms with E-state index in [9.17, 15) is 18.0 Å². The van der Waals surface area contributed by atoms with Crippen LogP contribution in [0, 0.1) is 13.8 Å². The van der Waals surface area contributed by atoms with Crippen LogP contribution in [0.2, 0.25) is 0 Å². The van der Waals surface area contributed by atoms with Gasteiger partial charge in [0.1, 0.15) is 12.4 Å². The second kappa shape index (κ2) is 11.8. The van der Waals surface area contributed by atoms with Crippen molar-refractivity contribution in [1.82, 2.24) is 9.21 Å². The normalized spacial score (nSPS) is 14.6. The molecular formula is C26H30N2O6S. The summed E-state index contributed by atoms with van der Waals surface area (Å²) >= 11 is 0. The highest BCUT2D eigenvalue weighted by atomic mass is 32.2. The Morgan fingerprint density at radius 2 is 1.71 bits per heavy atom. The summed E-state index contributed by atoms with van der Waals surface area (Å²) in [6, 6.07) is 12.4. The van der Waals surface area contributed by atoms with Gasteiger partial charge >= 0.3 is 5.97 Å². The number of piperazine rings is 1. The summed E-state index contributed by atoms with van der Waals surface area (Å²) in [6.45, 7) is 8.11. The molecule has 1 heterocycles. The van der Waals surface area contributed by atoms with Crippen molar-refractivity contribution in [3.8, 4) is 5.75 Å². The highest BCUT2D eigenvalue weighted by molar-refractivity contribution is 7.89. The van der Waals surface area contributed by atoms with Crippen LogP contribution in [0.25, 0.3) is 6.08 Å². The Morgan fingerprint density at radius 3 is 2.34 bits per heavy atom. The molecule has 8 nitrogen and oxygen atoms in total. The average Bonchev–Trinajstić information content (AvgIpc) is 2.85. The molecule has 3 rings (SSSR count). The summed E-state index contributed by atoms with van der Waals surface area (Å²) in [5.74, 6) is -0.308. The van der Waals surface area contributed by atoms with Gasteiger partial charge in [-0.3, -0.25) is 4.79 Å². The Kier molecular flexibility index (Phi) is 8.84. The third kappa shape index (κ3) is 7.03. The van der Waals surface area contributed by atoms with Crippen LogP contribution >= 0.6 is 0 Å². The second-order valence-corrected chi connectivity index (χ2v) is 10.1. The maximum Gasteiger partial charge on any atom is 0.331 e. The zero-order valence-corrected chi connectivity index (χ0v) is 20.8. The maximum atomic E-state index is 13.0. The van der Waals surface area contributed by atoms with Crippen LogP contribution < -0.4 is 4.74 Å². The third-order valence-electron chi connectivity index (χ3n) is 5.54. The largest absolute Gasteiger partial charge is 0.490 e. The molecule has 1 aliphatic rings. The monoisotopic (exact) mass is 498 g/mol. The molecule has 2 aromatic carbocycles. The Bertz CT molecular complexity index is 1200. The summed E-state index contributed by atoms with van der Waals surface area (Å²) in [5.41, 5.74) is 2.47. The van der Waals surface area contributed by atoms with E-state index in [4.69, 9.17) is 9.47 Å². The fraction of sp³-hybridized carbons (Fsp3) is 0.308. The van der Waals surface area contributed by atoms with Crippen molar-refractivity contribution in [3.63, 3.8) is 0 Å². The number of nitrogens with zero attached hydrogens (tertiary/aromatic N) is 2. The summed E-state index contributed by atoms with van der Waals surface area (Å²) in [6.07, 6.45) is 4.49. The fourth-order valence-electron chi connectivity index (χ4n) is 3.67. The van der Waals surface area contributed by atoms with Crippen molar-refractivity contribution < 1.29 is 27.5 Å². The van der Waals surface area contributed by atoms with Crippen molar-refractivity contribution in [2.24, 2.45) is 0 Å². The Labute approximate surface area is 206 Å². The molecule has 0 bridgehead atoms. The van der Waals surface area contributed by atoms with E-state index in [1.165, 1.54) is 15.3 Å². The number of hydrogen-bond donors (Lipinski definition) is 0. The van der Waals surface area contributed by atoms with E-state index in [2.05, 4.69) is 6.58 Å². The van der Waals surface area contributed by atoms with Crippen molar-refractivity contribution in [2.75, 3.05) is 39.4 Å². The third-order valence-corrected chi connectivity index (χ3v) is 7.60. The van der Waals surface area contributed by atoms with E-state index in [0.29, 0.717) is 17.9 Å². The van der Waals surface area contributed by atoms with Crippen molar-refractivity contribution >= 4 is 28.0 Å². The second-order valence-electron chi connectivity index (χ2n) is 8.16. The summed E-state index contributed by atoms with van der Waals surface area (Å²) in [4.78, 5) is 26.2. The van der Waals surface area contributed by atoms with Gasteiger partial charge in [-0.25, -0.2) is 13.2 Å². The SMILES string of the molecule is C=CCOc1ccc(/C=C/C(=O)OCC(=O)N2CCN(S(=O)(=O)c3ccc(C)cc3C)CC2)cc1. The fourth-order valence-corrected chi connectivity index (χ4v) is 5.30. The topological polar surface area (TPSA) is 93.2 Å². The number of ether oxygens (including phenoxy) is 2. The number of aryl methyl sites for hydroxylation is 2. The number of esters is 1. The van der Waals surface area contributed by atoms with E-state index >= 15 is 0 Å². The van der Waals surface area contributed by atoms with Gasteiger partial charge in [0.05, 0.1) is 4.90 Å². The molecule has 2 aromatic rings. The van der Waals surface area contributed by atoms with Crippen LogP contribution in [-0.4, -0.2) is 68.9 Å². The lowest BCUT2D eigenvalue weighted by Gasteiger charge is -2.34. The molecular weight excluding hydrogens is 468 g/mol. The molecule has 0 saturated carbocycles. The number of rotatable bonds is 9. The van der Waals surface area contributed by atoms with Crippen LogP contribution in [0.3, 0.4) is 0 Å². The zero-order chi connectivity index (χ0) is 25.4. The zero-order valence-electron chi connectivity index (χ0n) is 20.0. The predicted octanol–water partition coefficient (Wildman–Crippen LogP) is 2.96. The van der Waals surface area contributed by atoms with E-state index in [0.717, 1.165) is 11.1 Å². The number of amides is 1. The average molecular weight is 499 g/mol. The summed E-state index contributed by atoms with van der Waals surface area (Å²) < 4.78 is 37.8. The van der Waals surface area contributed by atoms with E-state index in [1.807, 2.05) is 13.0 Å². The molecule has 1 saturated heterocycles. The van der Waals surface area contributed by atoms with Crippen LogP contribution in [0.5, 0.6) is 5.75 Å².